The number of ketones is 1. The summed E-state index contributed by atoms with van der Waals surface area (Å²) in [5, 5.41) is 29.9. The van der Waals surface area contributed by atoms with Crippen LogP contribution in [0, 0.1) is 13.8 Å². The minimum Gasteiger partial charge on any atom is -0.476 e. The molecule has 0 spiro atoms. The summed E-state index contributed by atoms with van der Waals surface area (Å²) in [5.41, 5.74) is -0.0933. The lowest BCUT2D eigenvalue weighted by Gasteiger charge is -2.07. The van der Waals surface area contributed by atoms with E-state index in [0.717, 1.165) is 5.01 Å². The summed E-state index contributed by atoms with van der Waals surface area (Å²) in [7, 11) is 2.98. The third-order valence-corrected chi connectivity index (χ3v) is 5.39. The third-order valence-electron chi connectivity index (χ3n) is 3.85. The van der Waals surface area contributed by atoms with Crippen LogP contribution in [0.4, 0.5) is 0 Å². The smallest absolute Gasteiger partial charge is 0.378 e. The molecule has 2 aromatic rings. The van der Waals surface area contributed by atoms with Crippen molar-refractivity contribution in [1.82, 2.24) is 20.6 Å². The van der Waals surface area contributed by atoms with E-state index in [1.807, 2.05) is 0 Å². The van der Waals surface area contributed by atoms with E-state index in [1.54, 1.807) is 26.2 Å². The molecule has 0 fully saturated rings. The Bertz CT molecular complexity index is 1120. The number of likely N-dealkylation sites (N-methyl/N-ethyl adjacent to an activating group) is 2. The second kappa shape index (κ2) is 18.7. The van der Waals surface area contributed by atoms with E-state index >= 15 is 0 Å². The molecule has 0 aliphatic carbocycles. The molecule has 0 saturated carbocycles. The molecule has 15 nitrogen and oxygen atoms in total. The summed E-state index contributed by atoms with van der Waals surface area (Å²) in [4.78, 5) is 70.2. The number of nitrogens with two attached hydrogens (primary N) is 1. The van der Waals surface area contributed by atoms with Gasteiger partial charge in [0, 0.05) is 24.9 Å². The molecule has 0 bridgehead atoms. The van der Waals surface area contributed by atoms with Gasteiger partial charge < -0.3 is 25.7 Å². The van der Waals surface area contributed by atoms with Crippen LogP contribution >= 0.6 is 35.1 Å². The Morgan fingerprint density at radius 1 is 0.895 bits per heavy atom. The lowest BCUT2D eigenvalue weighted by Crippen LogP contribution is -2.33. The number of aryl methyl sites for hydroxylation is 2. The van der Waals surface area contributed by atoms with Gasteiger partial charge in [-0.15, -0.1) is 35.1 Å². The highest BCUT2D eigenvalue weighted by Gasteiger charge is 2.19. The standard InChI is InChI=1S/C10H13N3O4S.C6H5NO3S.C4H10N2O2.ClH/c1-5(9(14)11-3)17-13-8(10(15)16)7-4-18-6(2)12-7;1-3-7-4(2-11-3)5(8)6(9)10;1-3(8-5)4(7)6-2;/h4-5H,1-3H3,(H,11,14)(H,15,16);2H,1H3,(H,9,10);3H,5H2,1-2H3,(H,6,7);1H/b13-8-;;;. The molecule has 38 heavy (non-hydrogen) atoms. The van der Waals surface area contributed by atoms with Gasteiger partial charge in [0.2, 0.25) is 11.8 Å². The summed E-state index contributed by atoms with van der Waals surface area (Å²) in [6.07, 6.45) is -1.43. The average molecular weight is 597 g/mol. The number of thiazole rings is 2. The average Bonchev–Trinajstić information content (AvgIpc) is 3.50. The first kappa shape index (κ1) is 36.6. The monoisotopic (exact) mass is 596 g/mol. The largest absolute Gasteiger partial charge is 0.476 e. The molecule has 6 N–H and O–H groups in total. The van der Waals surface area contributed by atoms with Crippen LogP contribution in [0.15, 0.2) is 15.9 Å². The van der Waals surface area contributed by atoms with Crippen molar-refractivity contribution < 1.29 is 43.9 Å². The zero-order chi connectivity index (χ0) is 28.7. The first-order chi connectivity index (χ1) is 17.3. The first-order valence-electron chi connectivity index (χ1n) is 10.2. The summed E-state index contributed by atoms with van der Waals surface area (Å²) < 4.78 is 0. The highest BCUT2D eigenvalue weighted by molar-refractivity contribution is 7.10. The van der Waals surface area contributed by atoms with Gasteiger partial charge in [0.05, 0.1) is 10.0 Å². The Morgan fingerprint density at radius 3 is 1.66 bits per heavy atom. The highest BCUT2D eigenvalue weighted by atomic mass is 35.5. The number of amides is 2. The fourth-order valence-electron chi connectivity index (χ4n) is 1.89. The number of hydrogen-bond acceptors (Lipinski definition) is 13. The fourth-order valence-corrected chi connectivity index (χ4v) is 3.08. The van der Waals surface area contributed by atoms with E-state index < -0.39 is 35.8 Å². The van der Waals surface area contributed by atoms with Crippen molar-refractivity contribution in [3.05, 3.63) is 32.2 Å². The topological polar surface area (TPSA) is 232 Å². The van der Waals surface area contributed by atoms with E-state index in [2.05, 4.69) is 36.5 Å². The molecule has 2 aromatic heterocycles. The normalized spacial score (nSPS) is 11.6. The lowest BCUT2D eigenvalue weighted by atomic mass is 10.3. The summed E-state index contributed by atoms with van der Waals surface area (Å²) in [6, 6.07) is 0. The van der Waals surface area contributed by atoms with Gasteiger partial charge in [-0.05, 0) is 27.7 Å². The van der Waals surface area contributed by atoms with Crippen LogP contribution in [0.25, 0.3) is 0 Å². The molecule has 0 aromatic carbocycles. The van der Waals surface area contributed by atoms with E-state index in [0.29, 0.717) is 5.01 Å². The maximum atomic E-state index is 11.2. The van der Waals surface area contributed by atoms with E-state index in [-0.39, 0.29) is 35.4 Å². The Labute approximate surface area is 231 Å². The number of Topliss-reactive ketones (excluding diaryl/α,β-unsaturated/α-hetero) is 1. The zero-order valence-electron chi connectivity index (χ0n) is 21.2. The Balaban J connectivity index is 0. The molecule has 0 saturated heterocycles. The second-order valence-electron chi connectivity index (χ2n) is 6.64. The lowest BCUT2D eigenvalue weighted by molar-refractivity contribution is -0.133. The van der Waals surface area contributed by atoms with Gasteiger partial charge in [-0.2, -0.15) is 0 Å². The molecule has 0 aliphatic heterocycles. The van der Waals surface area contributed by atoms with E-state index in [9.17, 15) is 24.0 Å². The van der Waals surface area contributed by atoms with Crippen molar-refractivity contribution in [2.24, 2.45) is 11.1 Å². The number of hydrogen-bond donors (Lipinski definition) is 5. The number of halogens is 1. The minimum atomic E-state index is -1.46. The van der Waals surface area contributed by atoms with Crippen LogP contribution < -0.4 is 16.5 Å². The number of nitrogens with one attached hydrogen (secondary N) is 2. The number of aromatic nitrogens is 2. The number of carbonyl (C=O) groups is 5. The van der Waals surface area contributed by atoms with Crippen molar-refractivity contribution in [2.45, 2.75) is 39.9 Å². The number of rotatable bonds is 9. The first-order valence-corrected chi connectivity index (χ1v) is 11.9. The van der Waals surface area contributed by atoms with Crippen molar-refractivity contribution in [3.8, 4) is 0 Å². The molecule has 2 rings (SSSR count). The summed E-state index contributed by atoms with van der Waals surface area (Å²) in [6.45, 7) is 6.50. The van der Waals surface area contributed by atoms with Crippen molar-refractivity contribution in [2.75, 3.05) is 14.1 Å². The molecule has 0 aliphatic rings. The molecule has 2 amide bonds. The number of oxime groups is 1. The quantitative estimate of drug-likeness (QED) is 0.115. The third kappa shape index (κ3) is 13.2. The molecular weight excluding hydrogens is 568 g/mol. The molecular formula is C20H29ClN6O9S2. The van der Waals surface area contributed by atoms with Gasteiger partial charge in [-0.1, -0.05) is 5.16 Å². The van der Waals surface area contributed by atoms with Crippen LogP contribution in [-0.4, -0.2) is 81.7 Å². The van der Waals surface area contributed by atoms with Crippen molar-refractivity contribution in [3.63, 3.8) is 0 Å². The van der Waals surface area contributed by atoms with E-state index in [4.69, 9.17) is 15.1 Å². The van der Waals surface area contributed by atoms with Crippen molar-refractivity contribution >= 4 is 70.3 Å². The van der Waals surface area contributed by atoms with Crippen LogP contribution in [0.1, 0.15) is 40.0 Å². The van der Waals surface area contributed by atoms with Gasteiger partial charge in [-0.3, -0.25) is 19.2 Å². The number of carboxylic acids is 2. The van der Waals surface area contributed by atoms with Crippen LogP contribution in [0.3, 0.4) is 0 Å². The van der Waals surface area contributed by atoms with Gasteiger partial charge >= 0.3 is 11.9 Å². The second-order valence-corrected chi connectivity index (χ2v) is 8.76. The molecule has 2 heterocycles. The predicted molar refractivity (Wildman–Crippen MR) is 141 cm³/mol. The van der Waals surface area contributed by atoms with E-state index in [1.165, 1.54) is 49.1 Å². The maximum absolute atomic E-state index is 11.2. The number of nitrogens with zero attached hydrogens (tertiary/aromatic N) is 3. The van der Waals surface area contributed by atoms with Crippen LogP contribution in [0.2, 0.25) is 0 Å². The predicted octanol–water partition coefficient (Wildman–Crippen LogP) is 0.543. The minimum absolute atomic E-state index is 0. The number of aliphatic carboxylic acids is 2. The van der Waals surface area contributed by atoms with Crippen LogP contribution in [0.5, 0.6) is 0 Å². The van der Waals surface area contributed by atoms with Gasteiger partial charge in [0.25, 0.3) is 17.6 Å². The highest BCUT2D eigenvalue weighted by Crippen LogP contribution is 2.10. The Hall–Kier alpha value is -3.51. The zero-order valence-corrected chi connectivity index (χ0v) is 23.7. The molecule has 0 radical (unpaired) electrons. The molecule has 2 atom stereocenters. The summed E-state index contributed by atoms with van der Waals surface area (Å²) in [5.74, 6) is 0.409. The Kier molecular flexibility index (Phi) is 18.0. The number of carboxylic acid groups (broad SMARTS) is 2. The number of carbonyl (C=O) groups excluding carboxylic acids is 3. The molecule has 2 unspecified atom stereocenters. The van der Waals surface area contributed by atoms with Gasteiger partial charge in [0.15, 0.2) is 6.10 Å². The van der Waals surface area contributed by atoms with Crippen LogP contribution in [-0.2, 0) is 28.9 Å². The molecule has 18 heteroatoms. The van der Waals surface area contributed by atoms with Gasteiger partial charge in [-0.25, -0.2) is 25.5 Å². The fraction of sp³-hybridized carbons (Fsp3) is 0.400. The maximum Gasteiger partial charge on any atom is 0.378 e. The van der Waals surface area contributed by atoms with Crippen molar-refractivity contribution in [1.29, 1.82) is 0 Å². The van der Waals surface area contributed by atoms with Gasteiger partial charge in [0.1, 0.15) is 11.4 Å². The summed E-state index contributed by atoms with van der Waals surface area (Å²) >= 11 is 2.56. The Morgan fingerprint density at radius 2 is 1.34 bits per heavy atom. The molecule has 212 valence electrons. The SMILES string of the molecule is CNC(=O)C(C)O/N=C(\C(=O)O)c1csc(C)n1.CNC(=O)C(C)ON.Cc1nc(C(=O)C(=O)O)cs1.Cl.